The van der Waals surface area contributed by atoms with Gasteiger partial charge < -0.3 is 15.1 Å². The topological polar surface area (TPSA) is 71.3 Å². The van der Waals surface area contributed by atoms with Crippen LogP contribution in [0.1, 0.15) is 33.7 Å². The summed E-state index contributed by atoms with van der Waals surface area (Å²) in [5.74, 6) is -0.207. The minimum atomic E-state index is -0.319. The highest BCUT2D eigenvalue weighted by Crippen LogP contribution is 2.21. The zero-order valence-corrected chi connectivity index (χ0v) is 13.0. The van der Waals surface area contributed by atoms with Gasteiger partial charge in [-0.05, 0) is 44.0 Å². The van der Waals surface area contributed by atoms with Crippen LogP contribution in [-0.4, -0.2) is 18.4 Å². The van der Waals surface area contributed by atoms with Gasteiger partial charge in [0.1, 0.15) is 0 Å². The normalized spacial score (nSPS) is 10.3. The second kappa shape index (κ2) is 6.93. The quantitative estimate of drug-likeness (QED) is 0.891. The molecule has 0 spiro atoms. The molecule has 0 aliphatic carbocycles. The van der Waals surface area contributed by atoms with Gasteiger partial charge in [0.25, 0.3) is 5.91 Å². The van der Waals surface area contributed by atoms with E-state index in [4.69, 9.17) is 4.42 Å². The zero-order valence-electron chi connectivity index (χ0n) is 13.0. The molecular formula is C17H20N2O3. The fraction of sp³-hybridized carbons (Fsp3) is 0.294. The maximum atomic E-state index is 12.0. The number of amides is 2. The first-order chi connectivity index (χ1) is 10.5. The largest absolute Gasteiger partial charge is 0.459 e. The lowest BCUT2D eigenvalue weighted by Gasteiger charge is -2.13. The Bertz CT molecular complexity index is 652. The second-order valence-electron chi connectivity index (χ2n) is 5.31. The highest BCUT2D eigenvalue weighted by molar-refractivity contribution is 5.94. The third-order valence-electron chi connectivity index (χ3n) is 3.32. The lowest BCUT2D eigenvalue weighted by Crippen LogP contribution is -2.27. The summed E-state index contributed by atoms with van der Waals surface area (Å²) in [5, 5.41) is 5.55. The van der Waals surface area contributed by atoms with Crippen molar-refractivity contribution in [2.75, 3.05) is 11.9 Å². The average molecular weight is 300 g/mol. The molecule has 116 valence electrons. The van der Waals surface area contributed by atoms with E-state index in [1.165, 1.54) is 11.8 Å². The number of carbonyl (C=O) groups is 2. The Morgan fingerprint density at radius 2 is 1.82 bits per heavy atom. The number of aryl methyl sites for hydroxylation is 3. The Morgan fingerprint density at radius 1 is 1.14 bits per heavy atom. The third kappa shape index (κ3) is 3.97. The summed E-state index contributed by atoms with van der Waals surface area (Å²) in [6.07, 6.45) is 1.64. The molecule has 1 aromatic heterocycles. The molecule has 0 fully saturated rings. The fourth-order valence-electron chi connectivity index (χ4n) is 2.36. The molecule has 1 aromatic carbocycles. The van der Waals surface area contributed by atoms with Gasteiger partial charge in [-0.25, -0.2) is 0 Å². The smallest absolute Gasteiger partial charge is 0.286 e. The van der Waals surface area contributed by atoms with Crippen LogP contribution in [0, 0.1) is 20.8 Å². The van der Waals surface area contributed by atoms with E-state index in [0.717, 1.165) is 16.8 Å². The first-order valence-corrected chi connectivity index (χ1v) is 7.17. The third-order valence-corrected chi connectivity index (χ3v) is 3.32. The first-order valence-electron chi connectivity index (χ1n) is 7.17. The van der Waals surface area contributed by atoms with Gasteiger partial charge in [-0.15, -0.1) is 0 Å². The van der Waals surface area contributed by atoms with Crippen molar-refractivity contribution in [1.29, 1.82) is 0 Å². The predicted molar refractivity (Wildman–Crippen MR) is 84.9 cm³/mol. The minimum absolute atomic E-state index is 0.130. The van der Waals surface area contributed by atoms with Crippen molar-refractivity contribution in [3.63, 3.8) is 0 Å². The van der Waals surface area contributed by atoms with Crippen molar-refractivity contribution >= 4 is 17.5 Å². The molecule has 0 radical (unpaired) electrons. The van der Waals surface area contributed by atoms with Gasteiger partial charge in [0.15, 0.2) is 5.76 Å². The summed E-state index contributed by atoms with van der Waals surface area (Å²) in [6, 6.07) is 7.28. The number of carbonyl (C=O) groups excluding carboxylic acids is 2. The number of nitrogens with one attached hydrogen (secondary N) is 2. The highest BCUT2D eigenvalue weighted by Gasteiger charge is 2.10. The molecule has 1 heterocycles. The monoisotopic (exact) mass is 300 g/mol. The lowest BCUT2D eigenvalue weighted by molar-refractivity contribution is -0.116. The van der Waals surface area contributed by atoms with Crippen molar-refractivity contribution in [3.05, 3.63) is 53.0 Å². The second-order valence-corrected chi connectivity index (χ2v) is 5.31. The SMILES string of the molecule is Cc1cc(C)c(NC(=O)CCNC(=O)c2ccco2)c(C)c1. The number of benzene rings is 1. The summed E-state index contributed by atoms with van der Waals surface area (Å²) in [7, 11) is 0. The van der Waals surface area contributed by atoms with Crippen molar-refractivity contribution < 1.29 is 14.0 Å². The summed E-state index contributed by atoms with van der Waals surface area (Å²) < 4.78 is 4.98. The van der Waals surface area contributed by atoms with Gasteiger partial charge in [0.2, 0.25) is 5.91 Å². The van der Waals surface area contributed by atoms with Crippen LogP contribution in [0.25, 0.3) is 0 Å². The Kier molecular flexibility index (Phi) is 4.99. The summed E-state index contributed by atoms with van der Waals surface area (Å²) in [5.41, 5.74) is 4.07. The molecule has 2 N–H and O–H groups in total. The van der Waals surface area contributed by atoms with Crippen LogP contribution in [0.5, 0.6) is 0 Å². The molecule has 0 bridgehead atoms. The zero-order chi connectivity index (χ0) is 16.1. The van der Waals surface area contributed by atoms with E-state index in [1.807, 2.05) is 32.9 Å². The molecule has 0 aliphatic rings. The van der Waals surface area contributed by atoms with E-state index in [1.54, 1.807) is 12.1 Å². The molecule has 2 rings (SSSR count). The van der Waals surface area contributed by atoms with E-state index in [-0.39, 0.29) is 30.5 Å². The fourth-order valence-corrected chi connectivity index (χ4v) is 2.36. The van der Waals surface area contributed by atoms with E-state index >= 15 is 0 Å². The van der Waals surface area contributed by atoms with E-state index in [9.17, 15) is 9.59 Å². The Morgan fingerprint density at radius 3 is 2.41 bits per heavy atom. The van der Waals surface area contributed by atoms with E-state index < -0.39 is 0 Å². The molecule has 22 heavy (non-hydrogen) atoms. The number of anilines is 1. The van der Waals surface area contributed by atoms with Gasteiger partial charge in [0, 0.05) is 18.7 Å². The van der Waals surface area contributed by atoms with Gasteiger partial charge in [-0.2, -0.15) is 0 Å². The highest BCUT2D eigenvalue weighted by atomic mass is 16.3. The van der Waals surface area contributed by atoms with Crippen molar-refractivity contribution in [3.8, 4) is 0 Å². The van der Waals surface area contributed by atoms with Crippen LogP contribution >= 0.6 is 0 Å². The number of hydrogen-bond donors (Lipinski definition) is 2. The molecule has 5 nitrogen and oxygen atoms in total. The molecular weight excluding hydrogens is 280 g/mol. The molecule has 0 saturated heterocycles. The molecule has 2 aromatic rings. The maximum absolute atomic E-state index is 12.0. The van der Waals surface area contributed by atoms with Crippen LogP contribution in [0.2, 0.25) is 0 Å². The van der Waals surface area contributed by atoms with Crippen LogP contribution < -0.4 is 10.6 Å². The predicted octanol–water partition coefficient (Wildman–Crippen LogP) is 2.96. The summed E-state index contributed by atoms with van der Waals surface area (Å²) in [6.45, 7) is 6.22. The molecule has 5 heteroatoms. The van der Waals surface area contributed by atoms with Gasteiger partial charge in [0.05, 0.1) is 6.26 Å². The van der Waals surface area contributed by atoms with Gasteiger partial charge >= 0.3 is 0 Å². The molecule has 0 atom stereocenters. The summed E-state index contributed by atoms with van der Waals surface area (Å²) in [4.78, 5) is 23.6. The Hall–Kier alpha value is -2.56. The number of hydrogen-bond acceptors (Lipinski definition) is 3. The number of furan rings is 1. The van der Waals surface area contributed by atoms with E-state index in [2.05, 4.69) is 10.6 Å². The van der Waals surface area contributed by atoms with Crippen LogP contribution in [-0.2, 0) is 4.79 Å². The number of rotatable bonds is 5. The minimum Gasteiger partial charge on any atom is -0.459 e. The van der Waals surface area contributed by atoms with Gasteiger partial charge in [-0.3, -0.25) is 9.59 Å². The van der Waals surface area contributed by atoms with Crippen molar-refractivity contribution in [2.45, 2.75) is 27.2 Å². The van der Waals surface area contributed by atoms with E-state index in [0.29, 0.717) is 0 Å². The maximum Gasteiger partial charge on any atom is 0.286 e. The first kappa shape index (κ1) is 15.8. The van der Waals surface area contributed by atoms with Crippen LogP contribution in [0.15, 0.2) is 34.9 Å². The average Bonchev–Trinajstić information content (AvgIpc) is 2.97. The van der Waals surface area contributed by atoms with Crippen LogP contribution in [0.4, 0.5) is 5.69 Å². The van der Waals surface area contributed by atoms with Crippen LogP contribution in [0.3, 0.4) is 0 Å². The standard InChI is InChI=1S/C17H20N2O3/c1-11-9-12(2)16(13(3)10-11)19-15(20)6-7-18-17(21)14-5-4-8-22-14/h4-5,8-10H,6-7H2,1-3H3,(H,18,21)(H,19,20). The molecule has 2 amide bonds. The van der Waals surface area contributed by atoms with Crippen molar-refractivity contribution in [1.82, 2.24) is 5.32 Å². The molecule has 0 aliphatic heterocycles. The van der Waals surface area contributed by atoms with Gasteiger partial charge in [-0.1, -0.05) is 17.7 Å². The Balaban J connectivity index is 1.85. The van der Waals surface area contributed by atoms with Crippen molar-refractivity contribution in [2.24, 2.45) is 0 Å². The summed E-state index contributed by atoms with van der Waals surface area (Å²) >= 11 is 0. The Labute approximate surface area is 129 Å². The molecule has 0 unspecified atom stereocenters. The molecule has 0 saturated carbocycles. The lowest BCUT2D eigenvalue weighted by atomic mass is 10.1.